The van der Waals surface area contributed by atoms with Gasteiger partial charge in [0.1, 0.15) is 11.4 Å². The van der Waals surface area contributed by atoms with Crippen molar-refractivity contribution in [2.75, 3.05) is 25.1 Å². The van der Waals surface area contributed by atoms with Gasteiger partial charge in [0.15, 0.2) is 0 Å². The van der Waals surface area contributed by atoms with Crippen molar-refractivity contribution in [1.82, 2.24) is 4.31 Å². The van der Waals surface area contributed by atoms with Gasteiger partial charge in [0.25, 0.3) is 5.69 Å². The molecule has 1 N–H and O–H groups in total. The van der Waals surface area contributed by atoms with Crippen LogP contribution in [0.4, 0.5) is 11.4 Å². The highest BCUT2D eigenvalue weighted by Crippen LogP contribution is 2.29. The number of hydrazone groups is 1. The van der Waals surface area contributed by atoms with E-state index in [1.165, 1.54) is 22.7 Å². The van der Waals surface area contributed by atoms with E-state index >= 15 is 0 Å². The third-order valence-electron chi connectivity index (χ3n) is 4.75. The molecule has 0 saturated heterocycles. The fourth-order valence-corrected chi connectivity index (χ4v) is 4.35. The smallest absolute Gasteiger partial charge is 0.295 e. The van der Waals surface area contributed by atoms with E-state index in [-0.39, 0.29) is 29.4 Å². The summed E-state index contributed by atoms with van der Waals surface area (Å²) in [6.07, 6.45) is 2.49. The molecule has 9 nitrogen and oxygen atoms in total. The lowest BCUT2D eigenvalue weighted by atomic mass is 10.1. The molecule has 0 aliphatic heterocycles. The van der Waals surface area contributed by atoms with Gasteiger partial charge in [-0.05, 0) is 54.3 Å². The van der Waals surface area contributed by atoms with Gasteiger partial charge in [0, 0.05) is 19.2 Å². The summed E-state index contributed by atoms with van der Waals surface area (Å²) in [7, 11) is -3.80. The molecular formula is C22H30N4O5S. The molecule has 2 aromatic rings. The van der Waals surface area contributed by atoms with Crippen LogP contribution in [0.1, 0.15) is 39.7 Å². The SMILES string of the molecule is CCN(CC)S(=O)(=O)c1ccc(NN=Cc2ccc(OCCC(C)C)cc2)c([N+](=O)[O-])c1. The predicted octanol–water partition coefficient (Wildman–Crippen LogP) is 4.50. The van der Waals surface area contributed by atoms with Crippen LogP contribution in [0.3, 0.4) is 0 Å². The maximum Gasteiger partial charge on any atom is 0.295 e. The Balaban J connectivity index is 2.12. The van der Waals surface area contributed by atoms with E-state index in [1.807, 2.05) is 24.3 Å². The van der Waals surface area contributed by atoms with Gasteiger partial charge in [0.2, 0.25) is 10.0 Å². The summed E-state index contributed by atoms with van der Waals surface area (Å²) in [6, 6.07) is 11.0. The number of anilines is 1. The number of nitrogens with one attached hydrogen (secondary N) is 1. The Morgan fingerprint density at radius 2 is 1.81 bits per heavy atom. The minimum Gasteiger partial charge on any atom is -0.494 e. The molecule has 0 amide bonds. The molecule has 0 radical (unpaired) electrons. The van der Waals surface area contributed by atoms with E-state index in [9.17, 15) is 18.5 Å². The molecule has 0 unspecified atom stereocenters. The Morgan fingerprint density at radius 3 is 2.38 bits per heavy atom. The third-order valence-corrected chi connectivity index (χ3v) is 6.80. The second kappa shape index (κ2) is 11.6. The van der Waals surface area contributed by atoms with Crippen molar-refractivity contribution in [3.05, 3.63) is 58.1 Å². The summed E-state index contributed by atoms with van der Waals surface area (Å²) in [5, 5.41) is 15.5. The zero-order valence-corrected chi connectivity index (χ0v) is 19.6. The Bertz CT molecular complexity index is 1030. The Morgan fingerprint density at radius 1 is 1.16 bits per heavy atom. The number of rotatable bonds is 12. The van der Waals surface area contributed by atoms with Gasteiger partial charge in [-0.25, -0.2) is 8.42 Å². The van der Waals surface area contributed by atoms with E-state index in [2.05, 4.69) is 24.4 Å². The predicted molar refractivity (Wildman–Crippen MR) is 126 cm³/mol. The molecule has 0 atom stereocenters. The molecule has 32 heavy (non-hydrogen) atoms. The lowest BCUT2D eigenvalue weighted by Gasteiger charge is -2.18. The lowest BCUT2D eigenvalue weighted by Crippen LogP contribution is -2.30. The highest BCUT2D eigenvalue weighted by molar-refractivity contribution is 7.89. The molecule has 0 fully saturated rings. The van der Waals surface area contributed by atoms with Crippen LogP contribution in [0, 0.1) is 16.0 Å². The van der Waals surface area contributed by atoms with Crippen molar-refractivity contribution >= 4 is 27.6 Å². The normalized spacial score (nSPS) is 11.9. The van der Waals surface area contributed by atoms with Crippen molar-refractivity contribution in [2.24, 2.45) is 11.0 Å². The summed E-state index contributed by atoms with van der Waals surface area (Å²) < 4.78 is 32.2. The summed E-state index contributed by atoms with van der Waals surface area (Å²) in [5.74, 6) is 1.33. The molecule has 0 aliphatic carbocycles. The van der Waals surface area contributed by atoms with Gasteiger partial charge < -0.3 is 4.74 Å². The first-order chi connectivity index (χ1) is 15.2. The number of nitrogens with zero attached hydrogens (tertiary/aromatic N) is 3. The molecule has 2 aromatic carbocycles. The van der Waals surface area contributed by atoms with Gasteiger partial charge in [0.05, 0.1) is 22.6 Å². The number of ether oxygens (including phenoxy) is 1. The minimum absolute atomic E-state index is 0.0957. The second-order valence-electron chi connectivity index (χ2n) is 7.50. The first kappa shape index (κ1) is 25.3. The molecule has 0 aromatic heterocycles. The van der Waals surface area contributed by atoms with Gasteiger partial charge in [-0.3, -0.25) is 15.5 Å². The van der Waals surface area contributed by atoms with Crippen molar-refractivity contribution in [3.63, 3.8) is 0 Å². The van der Waals surface area contributed by atoms with Gasteiger partial charge in [-0.1, -0.05) is 27.7 Å². The van der Waals surface area contributed by atoms with Gasteiger partial charge in [-0.15, -0.1) is 0 Å². The summed E-state index contributed by atoms with van der Waals surface area (Å²) in [6.45, 7) is 8.90. The number of hydrogen-bond acceptors (Lipinski definition) is 7. The Hall–Kier alpha value is -2.98. The maximum absolute atomic E-state index is 12.6. The fraction of sp³-hybridized carbons (Fsp3) is 0.409. The number of benzene rings is 2. The summed E-state index contributed by atoms with van der Waals surface area (Å²) >= 11 is 0. The molecular weight excluding hydrogens is 432 g/mol. The van der Waals surface area contributed by atoms with Crippen molar-refractivity contribution in [2.45, 2.75) is 39.0 Å². The fourth-order valence-electron chi connectivity index (χ4n) is 2.87. The summed E-state index contributed by atoms with van der Waals surface area (Å²) in [4.78, 5) is 10.7. The quantitative estimate of drug-likeness (QED) is 0.282. The van der Waals surface area contributed by atoms with Crippen molar-refractivity contribution in [1.29, 1.82) is 0 Å². The largest absolute Gasteiger partial charge is 0.494 e. The van der Waals surface area contributed by atoms with E-state index in [0.29, 0.717) is 12.5 Å². The van der Waals surface area contributed by atoms with Crippen LogP contribution in [0.15, 0.2) is 52.5 Å². The number of hydrogen-bond donors (Lipinski definition) is 1. The summed E-state index contributed by atoms with van der Waals surface area (Å²) in [5.41, 5.74) is 3.13. The Labute approximate surface area is 189 Å². The molecule has 0 spiro atoms. The topological polar surface area (TPSA) is 114 Å². The zero-order chi connectivity index (χ0) is 23.7. The van der Waals surface area contributed by atoms with E-state index < -0.39 is 14.9 Å². The molecule has 0 bridgehead atoms. The van der Waals surface area contributed by atoms with Crippen LogP contribution in [0.25, 0.3) is 0 Å². The molecule has 0 aliphatic rings. The average Bonchev–Trinajstić information content (AvgIpc) is 2.75. The first-order valence-electron chi connectivity index (χ1n) is 10.5. The third kappa shape index (κ3) is 6.76. The van der Waals surface area contributed by atoms with Crippen molar-refractivity contribution < 1.29 is 18.1 Å². The highest BCUT2D eigenvalue weighted by Gasteiger charge is 2.25. The zero-order valence-electron chi connectivity index (χ0n) is 18.8. The number of sulfonamides is 1. The van der Waals surface area contributed by atoms with E-state index in [0.717, 1.165) is 23.8 Å². The lowest BCUT2D eigenvalue weighted by molar-refractivity contribution is -0.384. The molecule has 2 rings (SSSR count). The minimum atomic E-state index is -3.80. The van der Waals surface area contributed by atoms with Crippen LogP contribution in [-0.4, -0.2) is 43.6 Å². The van der Waals surface area contributed by atoms with Crippen LogP contribution in [-0.2, 0) is 10.0 Å². The van der Waals surface area contributed by atoms with E-state index in [1.54, 1.807) is 13.8 Å². The van der Waals surface area contributed by atoms with E-state index in [4.69, 9.17) is 4.74 Å². The van der Waals surface area contributed by atoms with Crippen LogP contribution in [0.5, 0.6) is 5.75 Å². The highest BCUT2D eigenvalue weighted by atomic mass is 32.2. The average molecular weight is 463 g/mol. The molecule has 10 heteroatoms. The number of nitro groups is 1. The second-order valence-corrected chi connectivity index (χ2v) is 9.43. The monoisotopic (exact) mass is 462 g/mol. The van der Waals surface area contributed by atoms with Crippen molar-refractivity contribution in [3.8, 4) is 5.75 Å². The molecule has 0 saturated carbocycles. The Kier molecular flexibility index (Phi) is 9.15. The van der Waals surface area contributed by atoms with Gasteiger partial charge in [-0.2, -0.15) is 9.41 Å². The van der Waals surface area contributed by atoms with Crippen LogP contribution in [0.2, 0.25) is 0 Å². The maximum atomic E-state index is 12.6. The number of nitro benzene ring substituents is 1. The molecule has 174 valence electrons. The first-order valence-corrected chi connectivity index (χ1v) is 11.9. The van der Waals surface area contributed by atoms with Crippen LogP contribution < -0.4 is 10.2 Å². The van der Waals surface area contributed by atoms with Crippen LogP contribution >= 0.6 is 0 Å². The standard InChI is InChI=1S/C22H30N4O5S/c1-5-25(6-2)32(29,30)20-11-12-21(22(15-20)26(27)28)24-23-16-18-7-9-19(10-8-18)31-14-13-17(3)4/h7-12,15-17,24H,5-6,13-14H2,1-4H3. The molecule has 0 heterocycles. The van der Waals surface area contributed by atoms with Gasteiger partial charge >= 0.3 is 0 Å².